The fourth-order valence-electron chi connectivity index (χ4n) is 5.88. The standard InChI is InChI=1S/C15H24O2/c1-14(2)7-4-8-15(3)10-6-5-9(11(10)14)12(15)13(16)17/h9-12H,4-8H2,1-3H3,(H,16,17)/t9-,10+,11-,12-,15-/m0/s1. The van der Waals surface area contributed by atoms with Crippen molar-refractivity contribution < 1.29 is 9.90 Å². The molecule has 0 heterocycles. The molecule has 3 fully saturated rings. The highest BCUT2D eigenvalue weighted by molar-refractivity contribution is 5.72. The zero-order chi connectivity index (χ0) is 12.4. The maximum atomic E-state index is 11.7. The van der Waals surface area contributed by atoms with E-state index >= 15 is 0 Å². The highest BCUT2D eigenvalue weighted by Gasteiger charge is 2.66. The average Bonchev–Trinajstić information content (AvgIpc) is 2.67. The minimum atomic E-state index is -0.526. The fourth-order valence-corrected chi connectivity index (χ4v) is 5.88. The molecule has 2 nitrogen and oxygen atoms in total. The second-order valence-electron chi connectivity index (χ2n) is 7.54. The Balaban J connectivity index is 2.08. The lowest BCUT2D eigenvalue weighted by molar-refractivity contribution is -0.149. The van der Waals surface area contributed by atoms with Crippen molar-refractivity contribution in [2.45, 2.75) is 52.9 Å². The Hall–Kier alpha value is -0.530. The summed E-state index contributed by atoms with van der Waals surface area (Å²) in [6, 6.07) is 0. The van der Waals surface area contributed by atoms with Crippen LogP contribution >= 0.6 is 0 Å². The fraction of sp³-hybridized carbons (Fsp3) is 0.933. The summed E-state index contributed by atoms with van der Waals surface area (Å²) in [6.45, 7) is 7.02. The molecule has 0 amide bonds. The zero-order valence-electron chi connectivity index (χ0n) is 11.2. The molecule has 4 bridgehead atoms. The molecule has 0 aromatic rings. The molecular weight excluding hydrogens is 212 g/mol. The number of carboxylic acid groups (broad SMARTS) is 1. The van der Waals surface area contributed by atoms with Gasteiger partial charge in [-0.3, -0.25) is 4.79 Å². The summed E-state index contributed by atoms with van der Waals surface area (Å²) >= 11 is 0. The average molecular weight is 236 g/mol. The molecular formula is C15H24O2. The van der Waals surface area contributed by atoms with Crippen LogP contribution < -0.4 is 0 Å². The second-order valence-corrected chi connectivity index (χ2v) is 7.54. The quantitative estimate of drug-likeness (QED) is 0.756. The normalized spacial score (nSPS) is 51.2. The molecule has 17 heavy (non-hydrogen) atoms. The molecule has 3 aliphatic carbocycles. The van der Waals surface area contributed by atoms with Gasteiger partial charge in [0.1, 0.15) is 0 Å². The van der Waals surface area contributed by atoms with Gasteiger partial charge in [-0.1, -0.05) is 27.2 Å². The Morgan fingerprint density at radius 2 is 1.88 bits per heavy atom. The SMILES string of the molecule is CC1(C)CCC[C@@]2(C)[C@@H]3CC[C@@H]([C@@H]31)[C@H]2C(=O)O. The number of hydrogen-bond acceptors (Lipinski definition) is 1. The molecule has 0 unspecified atom stereocenters. The molecule has 96 valence electrons. The molecule has 1 N–H and O–H groups in total. The van der Waals surface area contributed by atoms with Crippen LogP contribution in [0.25, 0.3) is 0 Å². The van der Waals surface area contributed by atoms with Crippen LogP contribution in [-0.4, -0.2) is 11.1 Å². The third-order valence-corrected chi connectivity index (χ3v) is 6.40. The van der Waals surface area contributed by atoms with E-state index in [0.29, 0.717) is 23.2 Å². The lowest BCUT2D eigenvalue weighted by atomic mass is 9.65. The second kappa shape index (κ2) is 3.27. The van der Waals surface area contributed by atoms with Crippen molar-refractivity contribution in [1.82, 2.24) is 0 Å². The van der Waals surface area contributed by atoms with Crippen LogP contribution in [0.5, 0.6) is 0 Å². The first-order valence-corrected chi connectivity index (χ1v) is 7.11. The maximum absolute atomic E-state index is 11.7. The van der Waals surface area contributed by atoms with E-state index in [9.17, 15) is 9.90 Å². The molecule has 0 aromatic heterocycles. The van der Waals surface area contributed by atoms with Gasteiger partial charge < -0.3 is 5.11 Å². The topological polar surface area (TPSA) is 37.3 Å². The third-order valence-electron chi connectivity index (χ3n) is 6.40. The highest BCUT2D eigenvalue weighted by atomic mass is 16.4. The van der Waals surface area contributed by atoms with Crippen molar-refractivity contribution in [2.75, 3.05) is 0 Å². The van der Waals surface area contributed by atoms with Crippen LogP contribution in [0.1, 0.15) is 52.9 Å². The minimum absolute atomic E-state index is 0.0641. The number of aliphatic carboxylic acids is 1. The summed E-state index contributed by atoms with van der Waals surface area (Å²) in [4.78, 5) is 11.7. The molecule has 0 aromatic carbocycles. The Kier molecular flexibility index (Phi) is 2.22. The van der Waals surface area contributed by atoms with Gasteiger partial charge in [-0.25, -0.2) is 0 Å². The van der Waals surface area contributed by atoms with Crippen molar-refractivity contribution in [3.63, 3.8) is 0 Å². The summed E-state index contributed by atoms with van der Waals surface area (Å²) in [6.07, 6.45) is 6.06. The number of carboxylic acids is 1. The van der Waals surface area contributed by atoms with E-state index in [4.69, 9.17) is 0 Å². The van der Waals surface area contributed by atoms with Crippen molar-refractivity contribution in [2.24, 2.45) is 34.5 Å². The lowest BCUT2D eigenvalue weighted by Crippen LogP contribution is -2.38. The lowest BCUT2D eigenvalue weighted by Gasteiger charge is -2.39. The van der Waals surface area contributed by atoms with Gasteiger partial charge in [-0.2, -0.15) is 0 Å². The van der Waals surface area contributed by atoms with E-state index in [1.807, 2.05) is 0 Å². The van der Waals surface area contributed by atoms with Crippen LogP contribution in [-0.2, 0) is 4.79 Å². The smallest absolute Gasteiger partial charge is 0.307 e. The largest absolute Gasteiger partial charge is 0.481 e. The van der Waals surface area contributed by atoms with Crippen LogP contribution in [0.15, 0.2) is 0 Å². The van der Waals surface area contributed by atoms with Gasteiger partial charge in [-0.15, -0.1) is 0 Å². The maximum Gasteiger partial charge on any atom is 0.307 e. The first-order valence-electron chi connectivity index (χ1n) is 7.11. The van der Waals surface area contributed by atoms with E-state index in [1.165, 1.54) is 19.3 Å². The molecule has 3 aliphatic rings. The van der Waals surface area contributed by atoms with Crippen LogP contribution in [0.2, 0.25) is 0 Å². The van der Waals surface area contributed by atoms with Gasteiger partial charge in [0, 0.05) is 0 Å². The first-order chi connectivity index (χ1) is 7.88. The Morgan fingerprint density at radius 3 is 2.53 bits per heavy atom. The molecule has 3 rings (SSSR count). The van der Waals surface area contributed by atoms with E-state index in [-0.39, 0.29) is 11.3 Å². The van der Waals surface area contributed by atoms with Crippen molar-refractivity contribution >= 4 is 5.97 Å². The van der Waals surface area contributed by atoms with E-state index in [0.717, 1.165) is 12.8 Å². The zero-order valence-corrected chi connectivity index (χ0v) is 11.2. The molecule has 0 saturated heterocycles. The van der Waals surface area contributed by atoms with Crippen LogP contribution in [0.4, 0.5) is 0 Å². The first kappa shape index (κ1) is 11.6. The summed E-state index contributed by atoms with van der Waals surface area (Å²) in [5.41, 5.74) is 0.445. The number of hydrogen-bond donors (Lipinski definition) is 1. The monoisotopic (exact) mass is 236 g/mol. The molecule has 0 radical (unpaired) electrons. The molecule has 5 atom stereocenters. The van der Waals surface area contributed by atoms with Gasteiger partial charge >= 0.3 is 5.97 Å². The predicted octanol–water partition coefficient (Wildman–Crippen LogP) is 3.56. The molecule has 0 spiro atoms. The van der Waals surface area contributed by atoms with E-state index in [1.54, 1.807) is 0 Å². The summed E-state index contributed by atoms with van der Waals surface area (Å²) in [5, 5.41) is 9.61. The highest BCUT2D eigenvalue weighted by Crippen LogP contribution is 2.70. The van der Waals surface area contributed by atoms with Gasteiger partial charge in [0.05, 0.1) is 5.92 Å². The van der Waals surface area contributed by atoms with Crippen molar-refractivity contribution in [1.29, 1.82) is 0 Å². The van der Waals surface area contributed by atoms with E-state index < -0.39 is 5.97 Å². The number of carbonyl (C=O) groups is 1. The Morgan fingerprint density at radius 1 is 1.18 bits per heavy atom. The van der Waals surface area contributed by atoms with Crippen molar-refractivity contribution in [3.05, 3.63) is 0 Å². The minimum Gasteiger partial charge on any atom is -0.481 e. The van der Waals surface area contributed by atoms with E-state index in [2.05, 4.69) is 20.8 Å². The number of rotatable bonds is 1. The molecule has 3 saturated carbocycles. The van der Waals surface area contributed by atoms with Crippen molar-refractivity contribution in [3.8, 4) is 0 Å². The summed E-state index contributed by atoms with van der Waals surface area (Å²) in [7, 11) is 0. The summed E-state index contributed by atoms with van der Waals surface area (Å²) in [5.74, 6) is 1.20. The van der Waals surface area contributed by atoms with Gasteiger partial charge in [0.15, 0.2) is 0 Å². The van der Waals surface area contributed by atoms with Gasteiger partial charge in [0.2, 0.25) is 0 Å². The van der Waals surface area contributed by atoms with Gasteiger partial charge in [0.25, 0.3) is 0 Å². The molecule has 0 aliphatic heterocycles. The Bertz CT molecular complexity index is 360. The van der Waals surface area contributed by atoms with Crippen LogP contribution in [0.3, 0.4) is 0 Å². The third kappa shape index (κ3) is 1.30. The Labute approximate surface area is 104 Å². The molecule has 2 heteroatoms. The van der Waals surface area contributed by atoms with Crippen LogP contribution in [0, 0.1) is 34.5 Å². The van der Waals surface area contributed by atoms with Gasteiger partial charge in [-0.05, 0) is 54.3 Å². The predicted molar refractivity (Wildman–Crippen MR) is 66.6 cm³/mol. The summed E-state index contributed by atoms with van der Waals surface area (Å²) < 4.78 is 0.